The van der Waals surface area contributed by atoms with Gasteiger partial charge in [-0.2, -0.15) is 5.10 Å². The molecule has 0 radical (unpaired) electrons. The summed E-state index contributed by atoms with van der Waals surface area (Å²) in [7, 11) is 0. The number of thiocarbonyl (C=S) groups is 1. The number of nitrogens with one attached hydrogen (secondary N) is 3. The summed E-state index contributed by atoms with van der Waals surface area (Å²) in [6.07, 6.45) is 7.15. The van der Waals surface area contributed by atoms with Gasteiger partial charge >= 0.3 is 5.97 Å². The fraction of sp³-hybridized carbons (Fsp3) is 0.241. The number of aromatic nitrogens is 1. The van der Waals surface area contributed by atoms with Crippen LogP contribution in [0.5, 0.6) is 5.75 Å². The van der Waals surface area contributed by atoms with Crippen LogP contribution < -0.4 is 20.8 Å². The average Bonchev–Trinajstić information content (AvgIpc) is 3.18. The van der Waals surface area contributed by atoms with E-state index in [0.717, 1.165) is 22.2 Å². The molecule has 0 spiro atoms. The zero-order valence-electron chi connectivity index (χ0n) is 21.9. The first-order valence-corrected chi connectivity index (χ1v) is 12.8. The van der Waals surface area contributed by atoms with Gasteiger partial charge in [0.1, 0.15) is 5.75 Å². The molecule has 3 aromatic rings. The third-order valence-corrected chi connectivity index (χ3v) is 6.49. The molecule has 1 aliphatic rings. The first-order chi connectivity index (χ1) is 18.8. The molecule has 1 amide bonds. The van der Waals surface area contributed by atoms with Crippen LogP contribution in [-0.4, -0.2) is 41.0 Å². The normalized spacial score (nSPS) is 15.0. The number of carbonyl (C=O) groups excluding carboxylic acids is 2. The van der Waals surface area contributed by atoms with Gasteiger partial charge in [-0.1, -0.05) is 42.3 Å². The quantitative estimate of drug-likeness (QED) is 0.125. The molecular formula is C29H29N5O4S. The lowest BCUT2D eigenvalue weighted by Crippen LogP contribution is -2.45. The zero-order valence-corrected chi connectivity index (χ0v) is 22.7. The number of ether oxygens (including phenoxy) is 2. The largest absolute Gasteiger partial charge is 0.483 e. The number of terminal acetylenes is 1. The van der Waals surface area contributed by atoms with Gasteiger partial charge in [-0.25, -0.2) is 10.2 Å². The SMILES string of the molecule is C#CCn1c(C)c(C=NNC(=O)COc2ccccc2[C@H]2NC(=S)NC(C)=C2C(=O)OCC)c2ccccc21. The van der Waals surface area contributed by atoms with Crippen LogP contribution >= 0.6 is 12.2 Å². The average molecular weight is 544 g/mol. The summed E-state index contributed by atoms with van der Waals surface area (Å²) in [5.41, 5.74) is 6.94. The molecule has 200 valence electrons. The van der Waals surface area contributed by atoms with E-state index in [1.807, 2.05) is 41.8 Å². The Balaban J connectivity index is 1.48. The molecule has 10 heteroatoms. The van der Waals surface area contributed by atoms with Crippen molar-refractivity contribution < 1.29 is 19.1 Å². The summed E-state index contributed by atoms with van der Waals surface area (Å²) in [6.45, 7) is 5.83. The van der Waals surface area contributed by atoms with Crippen LogP contribution in [0.3, 0.4) is 0 Å². The van der Waals surface area contributed by atoms with Gasteiger partial charge in [0.05, 0.1) is 31.0 Å². The number of nitrogens with zero attached hydrogens (tertiary/aromatic N) is 2. The number of esters is 1. The highest BCUT2D eigenvalue weighted by molar-refractivity contribution is 7.80. The molecule has 0 bridgehead atoms. The van der Waals surface area contributed by atoms with E-state index in [2.05, 4.69) is 27.1 Å². The lowest BCUT2D eigenvalue weighted by Gasteiger charge is -2.30. The van der Waals surface area contributed by atoms with E-state index in [-0.39, 0.29) is 13.2 Å². The molecule has 3 N–H and O–H groups in total. The highest BCUT2D eigenvalue weighted by atomic mass is 32.1. The number of fused-ring (bicyclic) bond motifs is 1. The summed E-state index contributed by atoms with van der Waals surface area (Å²) in [5, 5.41) is 11.6. The van der Waals surface area contributed by atoms with Crippen LogP contribution in [0.25, 0.3) is 10.9 Å². The molecular weight excluding hydrogens is 514 g/mol. The summed E-state index contributed by atoms with van der Waals surface area (Å²) < 4.78 is 13.1. The van der Waals surface area contributed by atoms with E-state index in [0.29, 0.717) is 34.2 Å². The summed E-state index contributed by atoms with van der Waals surface area (Å²) in [6, 6.07) is 14.4. The Morgan fingerprint density at radius 1 is 1.21 bits per heavy atom. The molecule has 2 aromatic carbocycles. The molecule has 1 aromatic heterocycles. The van der Waals surface area contributed by atoms with E-state index in [9.17, 15) is 9.59 Å². The minimum atomic E-state index is -0.613. The third kappa shape index (κ3) is 5.94. The highest BCUT2D eigenvalue weighted by Gasteiger charge is 2.32. The highest BCUT2D eigenvalue weighted by Crippen LogP contribution is 2.33. The second-order valence-electron chi connectivity index (χ2n) is 8.72. The Morgan fingerprint density at radius 2 is 1.95 bits per heavy atom. The number of hydrazone groups is 1. The minimum Gasteiger partial charge on any atom is -0.483 e. The monoisotopic (exact) mass is 543 g/mol. The Bertz CT molecular complexity index is 1530. The van der Waals surface area contributed by atoms with Gasteiger partial charge < -0.3 is 24.7 Å². The Kier molecular flexibility index (Phi) is 8.63. The molecule has 0 saturated carbocycles. The van der Waals surface area contributed by atoms with Crippen LogP contribution in [0.15, 0.2) is 64.9 Å². The molecule has 4 rings (SSSR count). The van der Waals surface area contributed by atoms with Gasteiger partial charge in [0.15, 0.2) is 11.7 Å². The maximum atomic E-state index is 12.7. The molecule has 39 heavy (non-hydrogen) atoms. The number of rotatable bonds is 9. The molecule has 9 nitrogen and oxygen atoms in total. The lowest BCUT2D eigenvalue weighted by atomic mass is 9.95. The minimum absolute atomic E-state index is 0.232. The van der Waals surface area contributed by atoms with Crippen LogP contribution in [0, 0.1) is 19.3 Å². The Labute approximate surface area is 232 Å². The topological polar surface area (TPSA) is 106 Å². The van der Waals surface area contributed by atoms with Crippen LogP contribution in [0.4, 0.5) is 0 Å². The van der Waals surface area contributed by atoms with Crippen molar-refractivity contribution in [1.82, 2.24) is 20.6 Å². The lowest BCUT2D eigenvalue weighted by molar-refractivity contribution is -0.139. The second-order valence-corrected chi connectivity index (χ2v) is 9.13. The summed E-state index contributed by atoms with van der Waals surface area (Å²) in [5.74, 6) is 2.18. The van der Waals surface area contributed by atoms with Crippen molar-refractivity contribution in [2.45, 2.75) is 33.4 Å². The summed E-state index contributed by atoms with van der Waals surface area (Å²) >= 11 is 5.32. The van der Waals surface area contributed by atoms with Crippen molar-refractivity contribution in [2.75, 3.05) is 13.2 Å². The third-order valence-electron chi connectivity index (χ3n) is 6.27. The van der Waals surface area contributed by atoms with E-state index < -0.39 is 17.9 Å². The van der Waals surface area contributed by atoms with Gasteiger partial charge in [-0.3, -0.25) is 4.79 Å². The van der Waals surface area contributed by atoms with Gasteiger partial charge in [0.25, 0.3) is 5.91 Å². The van der Waals surface area contributed by atoms with Crippen LogP contribution in [0.1, 0.15) is 36.7 Å². The first kappa shape index (κ1) is 27.4. The maximum Gasteiger partial charge on any atom is 0.338 e. The molecule has 0 fully saturated rings. The van der Waals surface area contributed by atoms with Crippen LogP contribution in [-0.2, 0) is 20.9 Å². The van der Waals surface area contributed by atoms with Gasteiger partial charge in [-0.05, 0) is 45.1 Å². The predicted octanol–water partition coefficient (Wildman–Crippen LogP) is 3.47. The molecule has 0 aliphatic carbocycles. The number of allylic oxidation sites excluding steroid dienone is 1. The number of benzene rings is 2. The molecule has 2 heterocycles. The standard InChI is InChI=1S/C29H29N5O4S/c1-5-15-34-19(4)22(20-11-7-9-13-23(20)34)16-30-33-25(35)17-38-24-14-10-8-12-21(24)27-26(28(36)37-6-2)18(3)31-29(39)32-27/h1,7-14,16,27H,6,15,17H2,2-4H3,(H,33,35)(H2,31,32,39)/t27-/m1/s1. The van der Waals surface area contributed by atoms with Gasteiger partial charge in [0.2, 0.25) is 0 Å². The van der Waals surface area contributed by atoms with Crippen molar-refractivity contribution in [3.05, 3.63) is 76.6 Å². The van der Waals surface area contributed by atoms with E-state index in [1.54, 1.807) is 38.3 Å². The van der Waals surface area contributed by atoms with Crippen molar-refractivity contribution in [3.63, 3.8) is 0 Å². The molecule has 1 aliphatic heterocycles. The van der Waals surface area contributed by atoms with Crippen molar-refractivity contribution in [2.24, 2.45) is 5.10 Å². The number of carbonyl (C=O) groups is 2. The number of amides is 1. The smallest absolute Gasteiger partial charge is 0.338 e. The number of hydrogen-bond donors (Lipinski definition) is 3. The van der Waals surface area contributed by atoms with E-state index >= 15 is 0 Å². The zero-order chi connectivity index (χ0) is 27.9. The molecule has 1 atom stereocenters. The molecule has 0 saturated heterocycles. The Morgan fingerprint density at radius 3 is 2.72 bits per heavy atom. The fourth-order valence-electron chi connectivity index (χ4n) is 4.52. The van der Waals surface area contributed by atoms with Crippen molar-refractivity contribution in [1.29, 1.82) is 0 Å². The second kappa shape index (κ2) is 12.3. The first-order valence-electron chi connectivity index (χ1n) is 12.4. The van der Waals surface area contributed by atoms with Crippen LogP contribution in [0.2, 0.25) is 0 Å². The predicted molar refractivity (Wildman–Crippen MR) is 154 cm³/mol. The van der Waals surface area contributed by atoms with Gasteiger partial charge in [-0.15, -0.1) is 6.42 Å². The Hall–Kier alpha value is -4.62. The number of hydrogen-bond acceptors (Lipinski definition) is 6. The van der Waals surface area contributed by atoms with E-state index in [1.165, 1.54) is 0 Å². The number of para-hydroxylation sites is 2. The van der Waals surface area contributed by atoms with E-state index in [4.69, 9.17) is 28.1 Å². The van der Waals surface area contributed by atoms with Crippen molar-refractivity contribution in [3.8, 4) is 18.1 Å². The fourth-order valence-corrected chi connectivity index (χ4v) is 4.79. The van der Waals surface area contributed by atoms with Gasteiger partial charge in [0, 0.05) is 33.4 Å². The summed E-state index contributed by atoms with van der Waals surface area (Å²) in [4.78, 5) is 25.3. The molecule has 0 unspecified atom stereocenters. The maximum absolute atomic E-state index is 12.7. The van der Waals surface area contributed by atoms with Crippen molar-refractivity contribution >= 4 is 46.3 Å².